The largest absolute Gasteiger partial charge is 0.462 e. The van der Waals surface area contributed by atoms with Crippen LogP contribution in [-0.2, 0) is 14.3 Å². The normalized spacial score (nSPS) is 9.29. The Kier molecular flexibility index (Phi) is 3.53. The smallest absolute Gasteiger partial charge is 0.396 e. The van der Waals surface area contributed by atoms with Gasteiger partial charge in [0.25, 0.3) is 0 Å². The molecule has 5 heteroatoms. The molecule has 1 N–H and O–H groups in total. The number of amides is 1. The van der Waals surface area contributed by atoms with Gasteiger partial charge in [-0.2, -0.15) is 0 Å². The number of carbonyl (C=O) groups excluding carboxylic acids is 2. The molecule has 1 aromatic rings. The van der Waals surface area contributed by atoms with Crippen molar-refractivity contribution in [3.63, 3.8) is 0 Å². The summed E-state index contributed by atoms with van der Waals surface area (Å²) in [5, 5.41) is 2.37. The van der Waals surface area contributed by atoms with Gasteiger partial charge in [-0.15, -0.1) is 12.6 Å². The van der Waals surface area contributed by atoms with Crippen molar-refractivity contribution in [3.05, 3.63) is 24.3 Å². The van der Waals surface area contributed by atoms with Crippen molar-refractivity contribution >= 4 is 30.2 Å². The molecule has 1 amide bonds. The minimum Gasteiger partial charge on any atom is -0.462 e. The number of anilines is 1. The van der Waals surface area contributed by atoms with Gasteiger partial charge in [-0.25, -0.2) is 4.79 Å². The molecule has 4 nitrogen and oxygen atoms in total. The van der Waals surface area contributed by atoms with E-state index in [0.717, 1.165) is 7.11 Å². The van der Waals surface area contributed by atoms with Crippen LogP contribution in [0.15, 0.2) is 29.2 Å². The summed E-state index contributed by atoms with van der Waals surface area (Å²) < 4.78 is 4.25. The monoisotopic (exact) mass is 211 g/mol. The molecule has 0 aliphatic rings. The summed E-state index contributed by atoms with van der Waals surface area (Å²) in [5.74, 6) is -1.74. The number of carbonyl (C=O) groups is 2. The van der Waals surface area contributed by atoms with E-state index in [-0.39, 0.29) is 0 Å². The first kappa shape index (κ1) is 10.6. The molecule has 1 rings (SSSR count). The highest BCUT2D eigenvalue weighted by molar-refractivity contribution is 7.80. The second kappa shape index (κ2) is 4.66. The Bertz CT molecular complexity index is 365. The van der Waals surface area contributed by atoms with Gasteiger partial charge in [-0.1, -0.05) is 12.1 Å². The van der Waals surface area contributed by atoms with Crippen LogP contribution >= 0.6 is 12.6 Å². The zero-order valence-electron chi connectivity index (χ0n) is 7.48. The molecule has 0 aliphatic heterocycles. The maximum atomic E-state index is 11.1. The van der Waals surface area contributed by atoms with E-state index in [2.05, 4.69) is 22.7 Å². The second-order valence-corrected chi connectivity index (χ2v) is 2.94. The third-order valence-electron chi connectivity index (χ3n) is 1.52. The molecule has 0 aliphatic carbocycles. The fourth-order valence-electron chi connectivity index (χ4n) is 0.845. The lowest BCUT2D eigenvalue weighted by atomic mass is 10.3. The van der Waals surface area contributed by atoms with E-state index in [0.29, 0.717) is 10.6 Å². The summed E-state index contributed by atoms with van der Waals surface area (Å²) in [7, 11) is 1.15. The Morgan fingerprint density at radius 2 is 2.00 bits per heavy atom. The minimum absolute atomic E-state index is 0.478. The molecule has 0 aromatic heterocycles. The van der Waals surface area contributed by atoms with Crippen LogP contribution in [0.4, 0.5) is 5.69 Å². The van der Waals surface area contributed by atoms with Gasteiger partial charge in [0, 0.05) is 4.90 Å². The van der Waals surface area contributed by atoms with Crippen LogP contribution in [0.5, 0.6) is 0 Å². The molecule has 0 heterocycles. The third kappa shape index (κ3) is 2.50. The number of hydrogen-bond donors (Lipinski definition) is 2. The summed E-state index contributed by atoms with van der Waals surface area (Å²) in [6.07, 6.45) is 0. The molecule has 14 heavy (non-hydrogen) atoms. The van der Waals surface area contributed by atoms with Crippen LogP contribution in [0.25, 0.3) is 0 Å². The van der Waals surface area contributed by atoms with Gasteiger partial charge in [0.05, 0.1) is 12.8 Å². The topological polar surface area (TPSA) is 55.4 Å². The number of rotatable bonds is 1. The lowest BCUT2D eigenvalue weighted by molar-refractivity contribution is -0.150. The lowest BCUT2D eigenvalue weighted by Gasteiger charge is -2.05. The highest BCUT2D eigenvalue weighted by Gasteiger charge is 2.14. The van der Waals surface area contributed by atoms with Crippen LogP contribution in [0.2, 0.25) is 0 Å². The summed E-state index contributed by atoms with van der Waals surface area (Å²) in [6.45, 7) is 0. The molecule has 0 spiro atoms. The van der Waals surface area contributed by atoms with Crippen LogP contribution in [0.3, 0.4) is 0 Å². The fraction of sp³-hybridized carbons (Fsp3) is 0.111. The van der Waals surface area contributed by atoms with Crippen molar-refractivity contribution in [2.75, 3.05) is 12.4 Å². The maximum absolute atomic E-state index is 11.1. The van der Waals surface area contributed by atoms with Crippen molar-refractivity contribution < 1.29 is 14.3 Å². The van der Waals surface area contributed by atoms with Gasteiger partial charge in [-0.05, 0) is 12.1 Å². The quantitative estimate of drug-likeness (QED) is 0.415. The fourth-order valence-corrected chi connectivity index (χ4v) is 1.06. The van der Waals surface area contributed by atoms with E-state index >= 15 is 0 Å². The van der Waals surface area contributed by atoms with Crippen LogP contribution in [0.1, 0.15) is 0 Å². The number of thiol groups is 1. The van der Waals surface area contributed by atoms with Crippen LogP contribution in [0, 0.1) is 0 Å². The van der Waals surface area contributed by atoms with Crippen molar-refractivity contribution in [1.29, 1.82) is 0 Å². The molecule has 0 saturated carbocycles. The van der Waals surface area contributed by atoms with Crippen molar-refractivity contribution in [2.24, 2.45) is 0 Å². The summed E-state index contributed by atoms with van der Waals surface area (Å²) >= 11 is 4.10. The predicted molar refractivity (Wildman–Crippen MR) is 54.3 cm³/mol. The Morgan fingerprint density at radius 3 is 2.57 bits per heavy atom. The number of ether oxygens (including phenoxy) is 1. The molecule has 74 valence electrons. The van der Waals surface area contributed by atoms with Crippen molar-refractivity contribution in [2.45, 2.75) is 4.90 Å². The number of methoxy groups -OCH3 is 1. The zero-order valence-corrected chi connectivity index (χ0v) is 8.38. The number of hydrogen-bond acceptors (Lipinski definition) is 4. The second-order valence-electron chi connectivity index (χ2n) is 2.46. The van der Waals surface area contributed by atoms with E-state index in [1.165, 1.54) is 0 Å². The van der Waals surface area contributed by atoms with Crippen molar-refractivity contribution in [3.8, 4) is 0 Å². The van der Waals surface area contributed by atoms with Gasteiger partial charge in [0.2, 0.25) is 0 Å². The van der Waals surface area contributed by atoms with E-state index in [1.54, 1.807) is 24.3 Å². The zero-order chi connectivity index (χ0) is 10.6. The first-order valence-electron chi connectivity index (χ1n) is 3.82. The molecule has 0 radical (unpaired) electrons. The molecule has 0 atom stereocenters. The molecule has 0 bridgehead atoms. The van der Waals surface area contributed by atoms with Crippen molar-refractivity contribution in [1.82, 2.24) is 0 Å². The first-order valence-corrected chi connectivity index (χ1v) is 4.27. The average molecular weight is 211 g/mol. The molecule has 1 aromatic carbocycles. The highest BCUT2D eigenvalue weighted by Crippen LogP contribution is 2.18. The van der Waals surface area contributed by atoms with Gasteiger partial charge < -0.3 is 10.1 Å². The molecule has 0 fully saturated rings. The van der Waals surface area contributed by atoms with E-state index in [1.807, 2.05) is 0 Å². The number of esters is 1. The van der Waals surface area contributed by atoms with E-state index in [4.69, 9.17) is 0 Å². The van der Waals surface area contributed by atoms with Gasteiger partial charge in [-0.3, -0.25) is 4.79 Å². The van der Waals surface area contributed by atoms with Gasteiger partial charge >= 0.3 is 11.9 Å². The summed E-state index contributed by atoms with van der Waals surface area (Å²) in [4.78, 5) is 22.4. The van der Waals surface area contributed by atoms with E-state index in [9.17, 15) is 9.59 Å². The number of benzene rings is 1. The Hall–Kier alpha value is -1.49. The van der Waals surface area contributed by atoms with Crippen LogP contribution < -0.4 is 5.32 Å². The molecule has 0 unspecified atom stereocenters. The molecular formula is C9H9NO3S. The Labute approximate surface area is 86.7 Å². The van der Waals surface area contributed by atoms with Crippen LogP contribution in [-0.4, -0.2) is 19.0 Å². The highest BCUT2D eigenvalue weighted by atomic mass is 32.1. The SMILES string of the molecule is COC(=O)C(=O)Nc1ccccc1S. The number of para-hydroxylation sites is 1. The van der Waals surface area contributed by atoms with Gasteiger partial charge in [0.15, 0.2) is 0 Å². The third-order valence-corrected chi connectivity index (χ3v) is 1.91. The summed E-state index contributed by atoms with van der Waals surface area (Å²) in [5.41, 5.74) is 0.478. The molecule has 0 saturated heterocycles. The van der Waals surface area contributed by atoms with E-state index < -0.39 is 11.9 Å². The standard InChI is InChI=1S/C9H9NO3S/c1-13-9(12)8(11)10-6-4-2-3-5-7(6)14/h2-5,14H,1H3,(H,10,11). The Balaban J connectivity index is 2.75. The predicted octanol–water partition coefficient (Wildman–Crippen LogP) is 1.09. The van der Waals surface area contributed by atoms with Gasteiger partial charge in [0.1, 0.15) is 0 Å². The minimum atomic E-state index is -0.929. The lowest BCUT2D eigenvalue weighted by Crippen LogP contribution is -2.23. The average Bonchev–Trinajstić information content (AvgIpc) is 2.20. The summed E-state index contributed by atoms with van der Waals surface area (Å²) in [6, 6.07) is 6.85. The first-order chi connectivity index (χ1) is 6.65. The number of nitrogens with one attached hydrogen (secondary N) is 1. The Morgan fingerprint density at radius 1 is 1.36 bits per heavy atom. The molecular weight excluding hydrogens is 202 g/mol. The maximum Gasteiger partial charge on any atom is 0.396 e.